The van der Waals surface area contributed by atoms with Crippen LogP contribution in [-0.2, 0) is 0 Å². The van der Waals surface area contributed by atoms with E-state index >= 15 is 0 Å². The lowest BCUT2D eigenvalue weighted by atomic mass is 10.0. The summed E-state index contributed by atoms with van der Waals surface area (Å²) in [5.74, 6) is -0.384. The minimum Gasteiger partial charge on any atom is -0.493 e. The monoisotopic (exact) mass is 415 g/mol. The van der Waals surface area contributed by atoms with Crippen LogP contribution in [0.1, 0.15) is 27.8 Å². The van der Waals surface area contributed by atoms with Crippen molar-refractivity contribution >= 4 is 34.1 Å². The molecule has 6 N–H and O–H groups in total. The van der Waals surface area contributed by atoms with Crippen LogP contribution in [0.2, 0.25) is 0 Å². The van der Waals surface area contributed by atoms with Gasteiger partial charge in [0.25, 0.3) is 11.8 Å². The fourth-order valence-electron chi connectivity index (χ4n) is 3.40. The number of aromatic nitrogens is 2. The summed E-state index contributed by atoms with van der Waals surface area (Å²) in [5, 5.41) is 4.31. The first-order valence-electron chi connectivity index (χ1n) is 9.69. The third-order valence-electron chi connectivity index (χ3n) is 4.76. The Hall–Kier alpha value is -4.33. The summed E-state index contributed by atoms with van der Waals surface area (Å²) in [6.07, 6.45) is 0. The molecule has 4 rings (SSSR count). The molecule has 0 saturated carbocycles. The molecular weight excluding hydrogens is 394 g/mol. The summed E-state index contributed by atoms with van der Waals surface area (Å²) in [4.78, 5) is 32.5. The predicted octanol–water partition coefficient (Wildman–Crippen LogP) is 3.56. The number of nitrogens with two attached hydrogens (primary N) is 2. The number of ether oxygens (including phenoxy) is 1. The van der Waals surface area contributed by atoms with Crippen molar-refractivity contribution in [3.05, 3.63) is 71.9 Å². The number of imidazole rings is 1. The predicted molar refractivity (Wildman–Crippen MR) is 120 cm³/mol. The molecule has 0 radical (unpaired) electrons. The molecule has 31 heavy (non-hydrogen) atoms. The van der Waals surface area contributed by atoms with Crippen LogP contribution in [0, 0.1) is 0 Å². The second-order valence-electron chi connectivity index (χ2n) is 6.85. The SMILES string of the molecule is CCOc1ccc2ccccc2c1C(=O)Nc1nc(-c2cccc(N)c2)[nH]c1C(N)=O. The van der Waals surface area contributed by atoms with Gasteiger partial charge in [-0.05, 0) is 35.9 Å². The number of aromatic amines is 1. The van der Waals surface area contributed by atoms with Gasteiger partial charge in [0, 0.05) is 11.3 Å². The Bertz CT molecular complexity index is 1300. The molecule has 0 aliphatic carbocycles. The summed E-state index contributed by atoms with van der Waals surface area (Å²) in [5.41, 5.74) is 12.9. The van der Waals surface area contributed by atoms with Gasteiger partial charge in [-0.2, -0.15) is 0 Å². The molecule has 0 fully saturated rings. The van der Waals surface area contributed by atoms with Crippen molar-refractivity contribution in [3.63, 3.8) is 0 Å². The van der Waals surface area contributed by atoms with Crippen molar-refractivity contribution in [2.24, 2.45) is 5.73 Å². The van der Waals surface area contributed by atoms with Crippen LogP contribution in [0.15, 0.2) is 60.7 Å². The average Bonchev–Trinajstić information content (AvgIpc) is 3.18. The molecule has 4 aromatic rings. The Morgan fingerprint density at radius 2 is 1.90 bits per heavy atom. The highest BCUT2D eigenvalue weighted by atomic mass is 16.5. The van der Waals surface area contributed by atoms with Crippen molar-refractivity contribution in [2.45, 2.75) is 6.92 Å². The van der Waals surface area contributed by atoms with E-state index in [4.69, 9.17) is 16.2 Å². The smallest absolute Gasteiger partial charge is 0.269 e. The highest BCUT2D eigenvalue weighted by Gasteiger charge is 2.22. The Balaban J connectivity index is 1.77. The first-order chi connectivity index (χ1) is 15.0. The van der Waals surface area contributed by atoms with Gasteiger partial charge in [-0.25, -0.2) is 4.98 Å². The van der Waals surface area contributed by atoms with Gasteiger partial charge in [0.2, 0.25) is 0 Å². The van der Waals surface area contributed by atoms with Crippen molar-refractivity contribution < 1.29 is 14.3 Å². The van der Waals surface area contributed by atoms with Crippen LogP contribution in [0.25, 0.3) is 22.2 Å². The molecule has 0 aliphatic rings. The molecule has 8 nitrogen and oxygen atoms in total. The Morgan fingerprint density at radius 3 is 2.65 bits per heavy atom. The molecule has 3 aromatic carbocycles. The number of nitrogens with one attached hydrogen (secondary N) is 2. The molecule has 8 heteroatoms. The largest absolute Gasteiger partial charge is 0.493 e. The number of H-pyrrole nitrogens is 1. The van der Waals surface area contributed by atoms with E-state index in [-0.39, 0.29) is 11.5 Å². The van der Waals surface area contributed by atoms with Crippen LogP contribution in [0.4, 0.5) is 11.5 Å². The zero-order chi connectivity index (χ0) is 22.0. The van der Waals surface area contributed by atoms with Crippen LogP contribution < -0.4 is 21.5 Å². The third kappa shape index (κ3) is 3.91. The van der Waals surface area contributed by atoms with E-state index in [1.54, 1.807) is 30.3 Å². The summed E-state index contributed by atoms with van der Waals surface area (Å²) in [6, 6.07) is 18.1. The number of anilines is 2. The second kappa shape index (κ2) is 8.19. The van der Waals surface area contributed by atoms with Crippen LogP contribution in [0.3, 0.4) is 0 Å². The minimum absolute atomic E-state index is 0.0102. The van der Waals surface area contributed by atoms with Gasteiger partial charge in [-0.15, -0.1) is 0 Å². The Kier molecular flexibility index (Phi) is 5.28. The number of fused-ring (bicyclic) bond motifs is 1. The van der Waals surface area contributed by atoms with Gasteiger partial charge in [-0.3, -0.25) is 9.59 Å². The maximum absolute atomic E-state index is 13.3. The zero-order valence-corrected chi connectivity index (χ0v) is 16.8. The van der Waals surface area contributed by atoms with Gasteiger partial charge in [0.1, 0.15) is 17.3 Å². The van der Waals surface area contributed by atoms with Gasteiger partial charge >= 0.3 is 0 Å². The number of primary amides is 1. The Labute approximate surface area is 178 Å². The molecule has 1 aromatic heterocycles. The summed E-state index contributed by atoms with van der Waals surface area (Å²) in [6.45, 7) is 2.24. The molecule has 0 atom stereocenters. The lowest BCUT2D eigenvalue weighted by Crippen LogP contribution is -2.19. The number of amides is 2. The number of rotatable bonds is 6. The van der Waals surface area contributed by atoms with Crippen molar-refractivity contribution in [2.75, 3.05) is 17.7 Å². The van der Waals surface area contributed by atoms with E-state index in [1.807, 2.05) is 37.3 Å². The van der Waals surface area contributed by atoms with E-state index in [2.05, 4.69) is 15.3 Å². The summed E-state index contributed by atoms with van der Waals surface area (Å²) >= 11 is 0. The number of hydrogen-bond donors (Lipinski definition) is 4. The molecular formula is C23H21N5O3. The van der Waals surface area contributed by atoms with E-state index in [0.29, 0.717) is 35.0 Å². The highest BCUT2D eigenvalue weighted by molar-refractivity contribution is 6.16. The third-order valence-corrected chi connectivity index (χ3v) is 4.76. The van der Waals surface area contributed by atoms with Crippen LogP contribution in [0.5, 0.6) is 5.75 Å². The molecule has 0 aliphatic heterocycles. The summed E-state index contributed by atoms with van der Waals surface area (Å²) in [7, 11) is 0. The average molecular weight is 415 g/mol. The number of nitrogen functional groups attached to an aromatic ring is 1. The lowest BCUT2D eigenvalue weighted by molar-refractivity contribution is 0.0997. The highest BCUT2D eigenvalue weighted by Crippen LogP contribution is 2.30. The van der Waals surface area contributed by atoms with E-state index < -0.39 is 11.8 Å². The normalized spacial score (nSPS) is 10.7. The summed E-state index contributed by atoms with van der Waals surface area (Å²) < 4.78 is 5.67. The van der Waals surface area contributed by atoms with Crippen LogP contribution in [-0.4, -0.2) is 28.4 Å². The van der Waals surface area contributed by atoms with Gasteiger partial charge < -0.3 is 26.5 Å². The fraction of sp³-hybridized carbons (Fsp3) is 0.0870. The van der Waals surface area contributed by atoms with Crippen molar-refractivity contribution in [1.29, 1.82) is 0 Å². The molecule has 156 valence electrons. The molecule has 0 saturated heterocycles. The van der Waals surface area contributed by atoms with Gasteiger partial charge in [-0.1, -0.05) is 42.5 Å². The number of carbonyl (C=O) groups excluding carboxylic acids is 2. The topological polar surface area (TPSA) is 136 Å². The standard InChI is InChI=1S/C23H21N5O3/c1-2-31-17-11-10-13-6-3-4-9-16(13)18(17)23(30)28-22-19(20(25)29)26-21(27-22)14-7-5-8-15(24)12-14/h3-12H,2,24H2,1H3,(H2,25,29)(H,26,27)(H,28,30). The molecule has 0 unspecified atom stereocenters. The lowest BCUT2D eigenvalue weighted by Gasteiger charge is -2.13. The maximum Gasteiger partial charge on any atom is 0.269 e. The van der Waals surface area contributed by atoms with Gasteiger partial charge in [0.05, 0.1) is 12.2 Å². The first kappa shape index (κ1) is 20.0. The molecule has 1 heterocycles. The van der Waals surface area contributed by atoms with E-state index in [9.17, 15) is 9.59 Å². The maximum atomic E-state index is 13.3. The minimum atomic E-state index is -0.749. The molecule has 2 amide bonds. The number of nitrogens with zero attached hydrogens (tertiary/aromatic N) is 1. The number of carbonyl (C=O) groups is 2. The van der Waals surface area contributed by atoms with E-state index in [0.717, 1.165) is 10.8 Å². The first-order valence-corrected chi connectivity index (χ1v) is 9.69. The van der Waals surface area contributed by atoms with E-state index in [1.165, 1.54) is 0 Å². The quantitative estimate of drug-likeness (QED) is 0.357. The molecule has 0 bridgehead atoms. The second-order valence-corrected chi connectivity index (χ2v) is 6.85. The van der Waals surface area contributed by atoms with Crippen LogP contribution >= 0.6 is 0 Å². The number of hydrogen-bond acceptors (Lipinski definition) is 5. The fourth-order valence-corrected chi connectivity index (χ4v) is 3.40. The van der Waals surface area contributed by atoms with Crippen molar-refractivity contribution in [3.8, 4) is 17.1 Å². The van der Waals surface area contributed by atoms with Gasteiger partial charge in [0.15, 0.2) is 5.82 Å². The molecule has 0 spiro atoms. The zero-order valence-electron chi connectivity index (χ0n) is 16.8. The number of benzene rings is 3. The Morgan fingerprint density at radius 1 is 1.10 bits per heavy atom. The van der Waals surface area contributed by atoms with Crippen molar-refractivity contribution in [1.82, 2.24) is 9.97 Å².